The molecule has 1 saturated heterocycles. The topological polar surface area (TPSA) is 49.5 Å². The van der Waals surface area contributed by atoms with Gasteiger partial charge in [-0.15, -0.1) is 0 Å². The summed E-state index contributed by atoms with van der Waals surface area (Å²) >= 11 is 0. The summed E-state index contributed by atoms with van der Waals surface area (Å²) in [6, 6.07) is 0.770. The Morgan fingerprint density at radius 1 is 1.47 bits per heavy atom. The molecule has 0 aromatic rings. The molecular formula is C12H26N2O. The maximum Gasteiger partial charge on any atom is 0.0608 e. The second-order valence-corrected chi connectivity index (χ2v) is 5.30. The molecule has 0 aromatic heterocycles. The molecule has 3 nitrogen and oxygen atoms in total. The Labute approximate surface area is 93.6 Å². The molecule has 1 rings (SSSR count). The Bertz CT molecular complexity index is 182. The highest BCUT2D eigenvalue weighted by molar-refractivity contribution is 4.78. The van der Waals surface area contributed by atoms with E-state index in [1.165, 1.54) is 32.4 Å². The molecule has 1 aliphatic rings. The van der Waals surface area contributed by atoms with Gasteiger partial charge in [-0.25, -0.2) is 0 Å². The number of rotatable bonds is 6. The minimum atomic E-state index is -0.378. The third-order valence-electron chi connectivity index (χ3n) is 3.49. The van der Waals surface area contributed by atoms with Gasteiger partial charge in [-0.1, -0.05) is 6.42 Å². The van der Waals surface area contributed by atoms with E-state index in [-0.39, 0.29) is 12.1 Å². The van der Waals surface area contributed by atoms with Gasteiger partial charge in [-0.3, -0.25) is 0 Å². The Balaban J connectivity index is 2.06. The second kappa shape index (κ2) is 5.83. The average molecular weight is 214 g/mol. The molecular weight excluding hydrogens is 188 g/mol. The van der Waals surface area contributed by atoms with Gasteiger partial charge < -0.3 is 15.7 Å². The van der Waals surface area contributed by atoms with E-state index in [9.17, 15) is 0 Å². The van der Waals surface area contributed by atoms with Gasteiger partial charge in [0.1, 0.15) is 0 Å². The minimum Gasteiger partial charge on any atom is -0.394 e. The average Bonchev–Trinajstić information content (AvgIpc) is 2.59. The van der Waals surface area contributed by atoms with Crippen LogP contribution in [0.25, 0.3) is 0 Å². The molecule has 0 aliphatic carbocycles. The van der Waals surface area contributed by atoms with Gasteiger partial charge in [0.05, 0.1) is 6.61 Å². The fourth-order valence-corrected chi connectivity index (χ4v) is 2.25. The summed E-state index contributed by atoms with van der Waals surface area (Å²) in [4.78, 5) is 2.56. The van der Waals surface area contributed by atoms with Crippen LogP contribution in [0.4, 0.5) is 0 Å². The Kier molecular flexibility index (Phi) is 5.03. The summed E-state index contributed by atoms with van der Waals surface area (Å²) in [7, 11) is 0. The van der Waals surface area contributed by atoms with Gasteiger partial charge >= 0.3 is 0 Å². The molecule has 0 radical (unpaired) electrons. The zero-order valence-electron chi connectivity index (χ0n) is 10.2. The predicted molar refractivity (Wildman–Crippen MR) is 63.8 cm³/mol. The molecule has 0 amide bonds. The quantitative estimate of drug-likeness (QED) is 0.656. The molecule has 90 valence electrons. The number of unbranched alkanes of at least 4 members (excludes halogenated alkanes) is 1. The molecule has 1 fully saturated rings. The molecule has 2 atom stereocenters. The van der Waals surface area contributed by atoms with Crippen molar-refractivity contribution in [2.75, 3.05) is 19.7 Å². The summed E-state index contributed by atoms with van der Waals surface area (Å²) in [5.41, 5.74) is 5.50. The largest absolute Gasteiger partial charge is 0.394 e. The molecule has 0 spiro atoms. The summed E-state index contributed by atoms with van der Waals surface area (Å²) in [6.45, 7) is 6.79. The lowest BCUT2D eigenvalue weighted by atomic mass is 9.97. The maximum absolute atomic E-state index is 9.01. The number of aliphatic hydroxyl groups is 1. The van der Waals surface area contributed by atoms with Crippen molar-refractivity contribution in [1.29, 1.82) is 0 Å². The normalized spacial score (nSPS) is 26.8. The first-order valence-corrected chi connectivity index (χ1v) is 6.19. The molecule has 0 bridgehead atoms. The summed E-state index contributed by atoms with van der Waals surface area (Å²) in [6.07, 6.45) is 5.96. The van der Waals surface area contributed by atoms with E-state index in [1.54, 1.807) is 0 Å². The monoisotopic (exact) mass is 214 g/mol. The van der Waals surface area contributed by atoms with E-state index in [1.807, 2.05) is 6.92 Å². The van der Waals surface area contributed by atoms with E-state index in [4.69, 9.17) is 10.8 Å². The van der Waals surface area contributed by atoms with Crippen LogP contribution in [0.3, 0.4) is 0 Å². The molecule has 0 saturated carbocycles. The SMILES string of the molecule is CC1CCCN1CCCCC(C)(N)CO. The highest BCUT2D eigenvalue weighted by Crippen LogP contribution is 2.17. The van der Waals surface area contributed by atoms with Crippen LogP contribution in [-0.4, -0.2) is 41.3 Å². The zero-order chi connectivity index (χ0) is 11.3. The molecule has 1 heterocycles. The minimum absolute atomic E-state index is 0.0904. The fourth-order valence-electron chi connectivity index (χ4n) is 2.25. The van der Waals surface area contributed by atoms with Crippen LogP contribution in [0.1, 0.15) is 46.0 Å². The van der Waals surface area contributed by atoms with Crippen LogP contribution in [-0.2, 0) is 0 Å². The number of hydrogen-bond acceptors (Lipinski definition) is 3. The van der Waals surface area contributed by atoms with Crippen molar-refractivity contribution in [1.82, 2.24) is 4.90 Å². The number of nitrogens with zero attached hydrogens (tertiary/aromatic N) is 1. The molecule has 0 aromatic carbocycles. The van der Waals surface area contributed by atoms with Crippen LogP contribution in [0.5, 0.6) is 0 Å². The van der Waals surface area contributed by atoms with E-state index >= 15 is 0 Å². The third kappa shape index (κ3) is 4.49. The van der Waals surface area contributed by atoms with Crippen LogP contribution < -0.4 is 5.73 Å². The van der Waals surface area contributed by atoms with Crippen molar-refractivity contribution < 1.29 is 5.11 Å². The summed E-state index contributed by atoms with van der Waals surface area (Å²) < 4.78 is 0. The molecule has 3 heteroatoms. The van der Waals surface area contributed by atoms with Crippen LogP contribution in [0, 0.1) is 0 Å². The first-order valence-electron chi connectivity index (χ1n) is 6.19. The van der Waals surface area contributed by atoms with Crippen LogP contribution >= 0.6 is 0 Å². The fraction of sp³-hybridized carbons (Fsp3) is 1.00. The van der Waals surface area contributed by atoms with E-state index in [0.29, 0.717) is 0 Å². The Hall–Kier alpha value is -0.120. The van der Waals surface area contributed by atoms with Crippen molar-refractivity contribution in [3.8, 4) is 0 Å². The molecule has 15 heavy (non-hydrogen) atoms. The Morgan fingerprint density at radius 3 is 2.73 bits per heavy atom. The van der Waals surface area contributed by atoms with Gasteiger partial charge in [-0.05, 0) is 52.6 Å². The van der Waals surface area contributed by atoms with Crippen molar-refractivity contribution in [3.05, 3.63) is 0 Å². The summed E-state index contributed by atoms with van der Waals surface area (Å²) in [5.74, 6) is 0. The lowest BCUT2D eigenvalue weighted by molar-refractivity contribution is 0.193. The van der Waals surface area contributed by atoms with Crippen LogP contribution in [0.15, 0.2) is 0 Å². The lowest BCUT2D eigenvalue weighted by Gasteiger charge is -2.24. The van der Waals surface area contributed by atoms with Gasteiger partial charge in [0.2, 0.25) is 0 Å². The predicted octanol–water partition coefficient (Wildman–Crippen LogP) is 1.35. The Morgan fingerprint density at radius 2 is 2.20 bits per heavy atom. The first kappa shape index (κ1) is 12.9. The van der Waals surface area contributed by atoms with E-state index < -0.39 is 0 Å². The molecule has 3 N–H and O–H groups in total. The van der Waals surface area contributed by atoms with E-state index in [0.717, 1.165) is 18.9 Å². The van der Waals surface area contributed by atoms with Crippen LogP contribution in [0.2, 0.25) is 0 Å². The van der Waals surface area contributed by atoms with E-state index in [2.05, 4.69) is 11.8 Å². The van der Waals surface area contributed by atoms with Crippen molar-refractivity contribution in [2.45, 2.75) is 57.5 Å². The number of hydrogen-bond donors (Lipinski definition) is 2. The van der Waals surface area contributed by atoms with Gasteiger partial charge in [0.15, 0.2) is 0 Å². The van der Waals surface area contributed by atoms with Crippen molar-refractivity contribution in [2.24, 2.45) is 5.73 Å². The summed E-state index contributed by atoms with van der Waals surface area (Å²) in [5, 5.41) is 9.01. The second-order valence-electron chi connectivity index (χ2n) is 5.30. The highest BCUT2D eigenvalue weighted by Gasteiger charge is 2.20. The molecule has 2 unspecified atom stereocenters. The van der Waals surface area contributed by atoms with Gasteiger partial charge in [-0.2, -0.15) is 0 Å². The smallest absolute Gasteiger partial charge is 0.0608 e. The maximum atomic E-state index is 9.01. The standard InChI is InChI=1S/C12H26N2O/c1-11-6-5-9-14(11)8-4-3-7-12(2,13)10-15/h11,15H,3-10,13H2,1-2H3. The van der Waals surface area contributed by atoms with Gasteiger partial charge in [0.25, 0.3) is 0 Å². The number of nitrogens with two attached hydrogens (primary N) is 1. The third-order valence-corrected chi connectivity index (χ3v) is 3.49. The molecule has 1 aliphatic heterocycles. The number of aliphatic hydroxyl groups excluding tert-OH is 1. The highest BCUT2D eigenvalue weighted by atomic mass is 16.3. The lowest BCUT2D eigenvalue weighted by Crippen LogP contribution is -2.40. The first-order chi connectivity index (χ1) is 7.05. The van der Waals surface area contributed by atoms with Crippen molar-refractivity contribution in [3.63, 3.8) is 0 Å². The van der Waals surface area contributed by atoms with Crippen molar-refractivity contribution >= 4 is 0 Å². The van der Waals surface area contributed by atoms with Gasteiger partial charge in [0, 0.05) is 11.6 Å². The zero-order valence-corrected chi connectivity index (χ0v) is 10.2. The number of likely N-dealkylation sites (tertiary alicyclic amines) is 1.